The Kier molecular flexibility index (Phi) is 4.42. The molecular weight excluding hydrogens is 374 g/mol. The predicted molar refractivity (Wildman–Crippen MR) is 118 cm³/mol. The number of para-hydroxylation sites is 2. The summed E-state index contributed by atoms with van der Waals surface area (Å²) in [5.74, 6) is 0.00579. The second-order valence-corrected chi connectivity index (χ2v) is 8.21. The number of nitrogens with one attached hydrogen (secondary N) is 1. The van der Waals surface area contributed by atoms with Crippen LogP contribution in [-0.4, -0.2) is 34.8 Å². The number of aromatic nitrogens is 1. The zero-order chi connectivity index (χ0) is 20.9. The van der Waals surface area contributed by atoms with Gasteiger partial charge < -0.3 is 14.8 Å². The summed E-state index contributed by atoms with van der Waals surface area (Å²) in [5.41, 5.74) is 3.78. The van der Waals surface area contributed by atoms with Crippen LogP contribution in [0.25, 0.3) is 10.9 Å². The lowest BCUT2D eigenvalue weighted by molar-refractivity contribution is -0.144. The highest BCUT2D eigenvalue weighted by Gasteiger charge is 2.60. The van der Waals surface area contributed by atoms with Crippen LogP contribution in [0, 0.1) is 0 Å². The summed E-state index contributed by atoms with van der Waals surface area (Å²) < 4.78 is 0. The monoisotopic (exact) mass is 401 g/mol. The van der Waals surface area contributed by atoms with Crippen molar-refractivity contribution < 1.29 is 9.59 Å². The van der Waals surface area contributed by atoms with Gasteiger partial charge in [-0.3, -0.25) is 9.59 Å². The Bertz CT molecular complexity index is 1150. The minimum absolute atomic E-state index is 0.00791. The van der Waals surface area contributed by atoms with Crippen molar-refractivity contribution in [3.05, 3.63) is 65.4 Å². The molecule has 0 saturated heterocycles. The van der Waals surface area contributed by atoms with E-state index in [0.717, 1.165) is 52.7 Å². The molecule has 0 radical (unpaired) electrons. The number of carbonyl (C=O) groups is 2. The predicted octanol–water partition coefficient (Wildman–Crippen LogP) is 4.35. The third-order valence-corrected chi connectivity index (χ3v) is 6.64. The summed E-state index contributed by atoms with van der Waals surface area (Å²) in [6.45, 7) is 5.21. The molecule has 2 amide bonds. The van der Waals surface area contributed by atoms with Gasteiger partial charge in [-0.25, -0.2) is 0 Å². The molecule has 2 aliphatic heterocycles. The Hall–Kier alpha value is -3.08. The number of anilines is 1. The minimum atomic E-state index is -1.11. The van der Waals surface area contributed by atoms with Crippen molar-refractivity contribution in [1.82, 2.24) is 9.88 Å². The van der Waals surface area contributed by atoms with Gasteiger partial charge >= 0.3 is 0 Å². The van der Waals surface area contributed by atoms with Gasteiger partial charge in [-0.2, -0.15) is 0 Å². The molecule has 0 unspecified atom stereocenters. The first-order chi connectivity index (χ1) is 14.6. The number of unbranched alkanes of at least 4 members (excludes halogenated alkanes) is 1. The Morgan fingerprint density at radius 1 is 1.10 bits per heavy atom. The molecule has 5 nitrogen and oxygen atoms in total. The van der Waals surface area contributed by atoms with E-state index >= 15 is 0 Å². The molecule has 1 N–H and O–H groups in total. The van der Waals surface area contributed by atoms with Gasteiger partial charge in [-0.15, -0.1) is 0 Å². The fourth-order valence-electron chi connectivity index (χ4n) is 5.27. The summed E-state index contributed by atoms with van der Waals surface area (Å²) in [5, 5.41) is 1.15. The highest BCUT2D eigenvalue weighted by Crippen LogP contribution is 2.52. The number of fused-ring (bicyclic) bond motifs is 6. The van der Waals surface area contributed by atoms with Crippen LogP contribution in [-0.2, 0) is 21.5 Å². The van der Waals surface area contributed by atoms with E-state index in [1.165, 1.54) is 0 Å². The van der Waals surface area contributed by atoms with Gasteiger partial charge in [0.25, 0.3) is 5.91 Å². The van der Waals surface area contributed by atoms with Crippen LogP contribution in [0.5, 0.6) is 0 Å². The number of hydrogen-bond acceptors (Lipinski definition) is 2. The second kappa shape index (κ2) is 7.01. The normalized spacial score (nSPS) is 20.1. The maximum Gasteiger partial charge on any atom is 0.263 e. The summed E-state index contributed by atoms with van der Waals surface area (Å²) >= 11 is 0. The molecule has 2 aliphatic rings. The first-order valence-corrected chi connectivity index (χ1v) is 11.0. The van der Waals surface area contributed by atoms with Crippen molar-refractivity contribution in [2.24, 2.45) is 0 Å². The van der Waals surface area contributed by atoms with Crippen molar-refractivity contribution in [1.29, 1.82) is 0 Å². The molecule has 154 valence electrons. The van der Waals surface area contributed by atoms with E-state index in [0.29, 0.717) is 19.5 Å². The highest BCUT2D eigenvalue weighted by atomic mass is 16.2. The average molecular weight is 402 g/mol. The van der Waals surface area contributed by atoms with E-state index in [1.54, 1.807) is 0 Å². The number of hydrogen-bond donors (Lipinski definition) is 1. The van der Waals surface area contributed by atoms with E-state index < -0.39 is 5.54 Å². The maximum absolute atomic E-state index is 14.2. The van der Waals surface area contributed by atoms with Gasteiger partial charge in [0, 0.05) is 36.0 Å². The topological polar surface area (TPSA) is 56.4 Å². The summed E-state index contributed by atoms with van der Waals surface area (Å²) in [6.07, 6.45) is 3.06. The molecule has 0 aliphatic carbocycles. The minimum Gasteiger partial charge on any atom is -0.355 e. The van der Waals surface area contributed by atoms with Crippen LogP contribution in [0.4, 0.5) is 5.69 Å². The lowest BCUT2D eigenvalue weighted by Gasteiger charge is -2.43. The quantitative estimate of drug-likeness (QED) is 0.706. The molecule has 5 heteroatoms. The second-order valence-electron chi connectivity index (χ2n) is 8.21. The summed E-state index contributed by atoms with van der Waals surface area (Å²) in [4.78, 5) is 34.7. The highest BCUT2D eigenvalue weighted by molar-refractivity contribution is 6.12. The fraction of sp³-hybridized carbons (Fsp3) is 0.360. The van der Waals surface area contributed by atoms with Crippen molar-refractivity contribution in [3.8, 4) is 0 Å². The van der Waals surface area contributed by atoms with Crippen LogP contribution < -0.4 is 4.90 Å². The SMILES string of the molecule is CCCCN1C(=O)[C@@]2(c3ccccc31)c1[nH]c3ccccc3c1CCN2C(=O)CC. The molecule has 3 aromatic rings. The molecule has 30 heavy (non-hydrogen) atoms. The van der Waals surface area contributed by atoms with Crippen LogP contribution >= 0.6 is 0 Å². The van der Waals surface area contributed by atoms with Crippen LogP contribution in [0.2, 0.25) is 0 Å². The fourth-order valence-corrected chi connectivity index (χ4v) is 5.27. The summed E-state index contributed by atoms with van der Waals surface area (Å²) in [6, 6.07) is 16.2. The number of benzene rings is 2. The van der Waals surface area contributed by atoms with E-state index in [4.69, 9.17) is 0 Å². The lowest BCUT2D eigenvalue weighted by atomic mass is 9.79. The molecule has 0 fully saturated rings. The first kappa shape index (κ1) is 18.9. The van der Waals surface area contributed by atoms with Gasteiger partial charge in [-0.1, -0.05) is 56.7 Å². The first-order valence-electron chi connectivity index (χ1n) is 11.0. The van der Waals surface area contributed by atoms with Gasteiger partial charge in [-0.05, 0) is 30.5 Å². The smallest absolute Gasteiger partial charge is 0.263 e. The van der Waals surface area contributed by atoms with E-state index in [9.17, 15) is 9.59 Å². The molecule has 0 saturated carbocycles. The Morgan fingerprint density at radius 3 is 2.67 bits per heavy atom. The zero-order valence-electron chi connectivity index (χ0n) is 17.6. The van der Waals surface area contributed by atoms with E-state index in [1.807, 2.05) is 59.2 Å². The number of aromatic amines is 1. The van der Waals surface area contributed by atoms with Crippen molar-refractivity contribution in [2.45, 2.75) is 45.1 Å². The summed E-state index contributed by atoms with van der Waals surface area (Å²) in [7, 11) is 0. The molecule has 1 atom stereocenters. The molecule has 3 heterocycles. The third-order valence-electron chi connectivity index (χ3n) is 6.64. The molecular formula is C25H27N3O2. The van der Waals surface area contributed by atoms with Crippen molar-refractivity contribution in [3.63, 3.8) is 0 Å². The number of carbonyl (C=O) groups excluding carboxylic acids is 2. The molecule has 1 aromatic heterocycles. The largest absolute Gasteiger partial charge is 0.355 e. The van der Waals surface area contributed by atoms with Gasteiger partial charge in [0.2, 0.25) is 5.91 Å². The van der Waals surface area contributed by atoms with E-state index in [2.05, 4.69) is 18.0 Å². The number of amides is 2. The van der Waals surface area contributed by atoms with Crippen molar-refractivity contribution >= 4 is 28.4 Å². The zero-order valence-corrected chi connectivity index (χ0v) is 17.6. The van der Waals surface area contributed by atoms with Gasteiger partial charge in [0.05, 0.1) is 11.4 Å². The number of H-pyrrole nitrogens is 1. The standard InChI is InChI=1S/C25H27N3O2/c1-3-5-15-27-21-13-9-7-11-19(21)25(24(27)30)23-18(14-16-28(25)22(29)4-2)17-10-6-8-12-20(17)26-23/h6-13,26H,3-5,14-16H2,1-2H3/t25-/m1/s1. The average Bonchev–Trinajstić information content (AvgIpc) is 3.27. The van der Waals surface area contributed by atoms with Crippen molar-refractivity contribution in [2.75, 3.05) is 18.0 Å². The van der Waals surface area contributed by atoms with Crippen LogP contribution in [0.1, 0.15) is 49.9 Å². The van der Waals surface area contributed by atoms with E-state index in [-0.39, 0.29) is 11.8 Å². The molecule has 0 bridgehead atoms. The number of nitrogens with zero attached hydrogens (tertiary/aromatic N) is 2. The third kappa shape index (κ3) is 2.35. The Morgan fingerprint density at radius 2 is 1.87 bits per heavy atom. The molecule has 2 aromatic carbocycles. The molecule has 1 spiro atoms. The van der Waals surface area contributed by atoms with Gasteiger partial charge in [0.15, 0.2) is 5.54 Å². The van der Waals surface area contributed by atoms with Crippen LogP contribution in [0.15, 0.2) is 48.5 Å². The Labute approximate surface area is 176 Å². The maximum atomic E-state index is 14.2. The number of rotatable bonds is 4. The lowest BCUT2D eigenvalue weighted by Crippen LogP contribution is -2.59. The van der Waals surface area contributed by atoms with Gasteiger partial charge in [0.1, 0.15) is 0 Å². The molecule has 5 rings (SSSR count). The Balaban J connectivity index is 1.83. The van der Waals surface area contributed by atoms with Crippen LogP contribution in [0.3, 0.4) is 0 Å².